The first kappa shape index (κ1) is 54.2. The summed E-state index contributed by atoms with van der Waals surface area (Å²) >= 11 is 0. The number of alkyl halides is 3. The van der Waals surface area contributed by atoms with Crippen molar-refractivity contribution in [2.24, 2.45) is 0 Å². The lowest BCUT2D eigenvalue weighted by Crippen LogP contribution is -2.28. The molecular weight excluding hydrogens is 950 g/mol. The zero-order valence-electron chi connectivity index (χ0n) is 40.6. The lowest BCUT2D eigenvalue weighted by molar-refractivity contribution is -0.117. The van der Waals surface area contributed by atoms with Crippen LogP contribution in [0.15, 0.2) is 194 Å². The Bertz CT molecular complexity index is 3120. The van der Waals surface area contributed by atoms with Crippen LogP contribution < -0.4 is 4.18 Å². The third kappa shape index (κ3) is 16.0. The fraction of sp³-hybridized carbons (Fsp3) is 0.164. The Labute approximate surface area is 424 Å². The zero-order chi connectivity index (χ0) is 52.5. The summed E-state index contributed by atoms with van der Waals surface area (Å²) in [7, 11) is -5.77. The van der Waals surface area contributed by atoms with Crippen molar-refractivity contribution in [1.29, 1.82) is 0 Å². The topological polar surface area (TPSA) is 135 Å². The maximum absolute atomic E-state index is 12.5. The number of halogens is 3. The summed E-state index contributed by atoms with van der Waals surface area (Å²) in [5.41, 5.74) is 7.05. The molecule has 8 nitrogen and oxygen atoms in total. The van der Waals surface area contributed by atoms with Gasteiger partial charge in [0.15, 0.2) is 0 Å². The fourth-order valence-electron chi connectivity index (χ4n) is 7.90. The largest absolute Gasteiger partial charge is 0.534 e. The van der Waals surface area contributed by atoms with E-state index in [0.717, 1.165) is 61.2 Å². The smallest absolute Gasteiger partial charge is 0.508 e. The van der Waals surface area contributed by atoms with Crippen molar-refractivity contribution in [2.75, 3.05) is 0 Å². The lowest BCUT2D eigenvalue weighted by atomic mass is 9.92. The van der Waals surface area contributed by atoms with Crippen molar-refractivity contribution >= 4 is 27.5 Å². The Kier molecular flexibility index (Phi) is 18.8. The molecule has 0 saturated heterocycles. The Hall–Kier alpha value is -8.09. The molecule has 0 heterocycles. The first-order valence-electron chi connectivity index (χ1n) is 23.5. The van der Waals surface area contributed by atoms with Gasteiger partial charge in [0, 0.05) is 19.3 Å². The highest BCUT2D eigenvalue weighted by atomic mass is 32.2. The monoisotopic (exact) mass is 1000 g/mol. The number of hydrogen-bond acceptors (Lipinski definition) is 8. The normalized spacial score (nSPS) is 11.0. The molecule has 0 radical (unpaired) electrons. The number of rotatable bonds is 16. The summed E-state index contributed by atoms with van der Waals surface area (Å²) in [5, 5.41) is 19.5. The molecule has 374 valence electrons. The maximum Gasteiger partial charge on any atom is 0.534 e. The molecule has 73 heavy (non-hydrogen) atoms. The molecule has 0 aromatic heterocycles. The quantitative estimate of drug-likeness (QED) is 0.0722. The maximum atomic E-state index is 12.5. The van der Waals surface area contributed by atoms with Gasteiger partial charge >= 0.3 is 15.6 Å². The number of hydrogen-bond donors (Lipinski definition) is 2. The zero-order valence-corrected chi connectivity index (χ0v) is 41.4. The Morgan fingerprint density at radius 2 is 0.740 bits per heavy atom. The minimum atomic E-state index is -5.77. The summed E-state index contributed by atoms with van der Waals surface area (Å²) in [6, 6.07) is 60.7. The van der Waals surface area contributed by atoms with Crippen LogP contribution in [0.5, 0.6) is 17.2 Å². The van der Waals surface area contributed by atoms with Crippen LogP contribution in [0.1, 0.15) is 56.7 Å². The van der Waals surface area contributed by atoms with E-state index in [9.17, 15) is 46.2 Å². The summed E-state index contributed by atoms with van der Waals surface area (Å²) < 4.78 is 64.4. The number of aryl methyl sites for hydroxylation is 3. The molecule has 0 spiro atoms. The van der Waals surface area contributed by atoms with Crippen molar-refractivity contribution in [3.05, 3.63) is 211 Å². The van der Waals surface area contributed by atoms with Gasteiger partial charge in [-0.15, -0.1) is 0 Å². The molecule has 0 aliphatic heterocycles. The Morgan fingerprint density at radius 3 is 1.08 bits per heavy atom. The number of ketones is 3. The molecule has 2 N–H and O–H groups in total. The molecule has 12 heteroatoms. The molecular formula is C61H55F3O8S. The second-order valence-corrected chi connectivity index (χ2v) is 18.9. The summed E-state index contributed by atoms with van der Waals surface area (Å²) in [5.74, 6) is 0.256. The molecule has 0 aliphatic rings. The van der Waals surface area contributed by atoms with Gasteiger partial charge < -0.3 is 28.8 Å². The van der Waals surface area contributed by atoms with Gasteiger partial charge in [-0.2, -0.15) is 21.6 Å². The van der Waals surface area contributed by atoms with Crippen molar-refractivity contribution in [3.8, 4) is 72.9 Å². The van der Waals surface area contributed by atoms with Crippen LogP contribution in [0.4, 0.5) is 13.2 Å². The molecule has 0 aliphatic carbocycles. The number of phenolic OH excluding ortho intramolecular Hbond substituents is 2. The summed E-state index contributed by atoms with van der Waals surface area (Å²) in [6.07, 6.45) is 2.55. The van der Waals surface area contributed by atoms with Gasteiger partial charge in [-0.1, -0.05) is 158 Å². The fourth-order valence-corrected chi connectivity index (χ4v) is 8.39. The summed E-state index contributed by atoms with van der Waals surface area (Å²) in [6.45, 7) is 4.58. The molecule has 0 unspecified atom stereocenters. The molecule has 0 fully saturated rings. The van der Waals surface area contributed by atoms with E-state index in [-0.39, 0.29) is 47.3 Å². The van der Waals surface area contributed by atoms with Gasteiger partial charge in [0.25, 0.3) is 0 Å². The van der Waals surface area contributed by atoms with Crippen molar-refractivity contribution in [2.45, 2.75) is 64.8 Å². The molecule has 8 aromatic rings. The third-order valence-corrected chi connectivity index (χ3v) is 12.6. The van der Waals surface area contributed by atoms with Crippen LogP contribution >= 0.6 is 0 Å². The van der Waals surface area contributed by atoms with E-state index in [0.29, 0.717) is 31.2 Å². The molecule has 0 amide bonds. The Morgan fingerprint density at radius 1 is 0.411 bits per heavy atom. The van der Waals surface area contributed by atoms with Crippen LogP contribution in [0.3, 0.4) is 0 Å². The molecule has 8 rings (SSSR count). The minimum absolute atomic E-state index is 0.0562. The minimum Gasteiger partial charge on any atom is -0.508 e. The first-order valence-corrected chi connectivity index (χ1v) is 24.9. The van der Waals surface area contributed by atoms with Gasteiger partial charge in [-0.3, -0.25) is 0 Å². The van der Waals surface area contributed by atoms with Gasteiger partial charge in [-0.05, 0) is 149 Å². The SMILES string of the molecule is CC(=O)CCc1cc(-c2ccccc2)ccc1-c1cccc(O)c1.CC(=O)CCc1cc(-c2ccccc2)ccc1-c1cccc(O)c1.CC(=O)CCc1cc(-c2ccccc2)ccc1OS(=O)(=O)C(F)(F)F. The summed E-state index contributed by atoms with van der Waals surface area (Å²) in [4.78, 5) is 34.1. The second kappa shape index (κ2) is 25.3. The van der Waals surface area contributed by atoms with Gasteiger partial charge in [-0.25, -0.2) is 0 Å². The van der Waals surface area contributed by atoms with Gasteiger partial charge in [0.05, 0.1) is 0 Å². The number of carbonyl (C=O) groups is 3. The van der Waals surface area contributed by atoms with E-state index < -0.39 is 21.4 Å². The van der Waals surface area contributed by atoms with Gasteiger partial charge in [0.2, 0.25) is 0 Å². The second-order valence-electron chi connectivity index (χ2n) is 17.4. The molecule has 0 bridgehead atoms. The predicted molar refractivity (Wildman–Crippen MR) is 282 cm³/mol. The average Bonchev–Trinajstić information content (AvgIpc) is 3.37. The number of Topliss-reactive ketones (excluding diaryl/α,β-unsaturated/α-hetero) is 3. The highest BCUT2D eigenvalue weighted by molar-refractivity contribution is 7.88. The van der Waals surface area contributed by atoms with E-state index in [1.807, 2.05) is 66.7 Å². The van der Waals surface area contributed by atoms with Crippen molar-refractivity contribution in [1.82, 2.24) is 0 Å². The molecule has 8 aromatic carbocycles. The van der Waals surface area contributed by atoms with E-state index in [4.69, 9.17) is 0 Å². The number of aromatic hydroxyl groups is 2. The highest BCUT2D eigenvalue weighted by Crippen LogP contribution is 2.35. The van der Waals surface area contributed by atoms with Gasteiger partial charge in [0.1, 0.15) is 34.6 Å². The third-order valence-electron chi connectivity index (χ3n) is 11.6. The predicted octanol–water partition coefficient (Wildman–Crippen LogP) is 14.6. The molecule has 0 saturated carbocycles. The van der Waals surface area contributed by atoms with Crippen LogP contribution in [0.2, 0.25) is 0 Å². The standard InChI is InChI=1S/2C22H20O2.C17H15F3O4S/c2*1-16(23)10-11-20-14-18(17-6-3-2-4-7-17)12-13-22(20)19-8-5-9-21(24)15-19;1-12(21)7-8-15-11-14(13-5-3-2-4-6-13)9-10-16(15)24-25(22,23)17(18,19)20/h2*2-9,12-15,24H,10-11H2,1H3;2-6,9-11H,7-8H2,1H3. The molecule has 0 atom stereocenters. The van der Waals surface area contributed by atoms with E-state index in [1.54, 1.807) is 62.4 Å². The van der Waals surface area contributed by atoms with E-state index in [2.05, 4.69) is 64.8 Å². The Balaban J connectivity index is 0.000000179. The van der Waals surface area contributed by atoms with Crippen LogP contribution in [0, 0.1) is 0 Å². The highest BCUT2D eigenvalue weighted by Gasteiger charge is 2.48. The van der Waals surface area contributed by atoms with E-state index in [1.165, 1.54) is 25.1 Å². The van der Waals surface area contributed by atoms with Crippen LogP contribution in [-0.2, 0) is 43.8 Å². The number of carbonyl (C=O) groups excluding carboxylic acids is 3. The first-order chi connectivity index (χ1) is 34.9. The van der Waals surface area contributed by atoms with Crippen LogP contribution in [-0.4, -0.2) is 41.5 Å². The van der Waals surface area contributed by atoms with E-state index >= 15 is 0 Å². The lowest BCUT2D eigenvalue weighted by Gasteiger charge is -2.14. The van der Waals surface area contributed by atoms with Crippen molar-refractivity contribution < 1.29 is 50.4 Å². The van der Waals surface area contributed by atoms with Crippen molar-refractivity contribution in [3.63, 3.8) is 0 Å². The van der Waals surface area contributed by atoms with Crippen LogP contribution in [0.25, 0.3) is 55.6 Å². The number of benzene rings is 8. The number of phenols is 2. The average molecular weight is 1010 g/mol.